The number of carboxylic acid groups (broad SMARTS) is 1. The van der Waals surface area contributed by atoms with Crippen molar-refractivity contribution in [3.05, 3.63) is 18.2 Å². The molecule has 0 radical (unpaired) electrons. The molecule has 0 saturated carbocycles. The number of hydrogen-bond acceptors (Lipinski definition) is 7. The predicted octanol–water partition coefficient (Wildman–Crippen LogP) is -1.53. The van der Waals surface area contributed by atoms with Crippen molar-refractivity contribution in [1.82, 2.24) is 20.6 Å². The fourth-order valence-corrected chi connectivity index (χ4v) is 2.55. The van der Waals surface area contributed by atoms with Gasteiger partial charge in [-0.05, 0) is 25.4 Å². The van der Waals surface area contributed by atoms with Gasteiger partial charge in [0.2, 0.25) is 11.8 Å². The SMILES string of the molecule is CSCCC(NC(=O)C(N)C(C)O)C(=O)NC(Cc1cnc[nH]1)C(=O)O. The summed E-state index contributed by atoms with van der Waals surface area (Å²) in [4.78, 5) is 42.5. The molecule has 0 fully saturated rings. The lowest BCUT2D eigenvalue weighted by atomic mass is 10.1. The van der Waals surface area contributed by atoms with Gasteiger partial charge in [-0.15, -0.1) is 0 Å². The van der Waals surface area contributed by atoms with Crippen molar-refractivity contribution in [3.63, 3.8) is 0 Å². The van der Waals surface area contributed by atoms with Gasteiger partial charge in [-0.3, -0.25) is 9.59 Å². The third kappa shape index (κ3) is 7.02. The number of thioether (sulfide) groups is 1. The number of imidazole rings is 1. The van der Waals surface area contributed by atoms with Crippen molar-refractivity contribution < 1.29 is 24.6 Å². The zero-order chi connectivity index (χ0) is 19.7. The summed E-state index contributed by atoms with van der Waals surface area (Å²) in [6.45, 7) is 1.37. The van der Waals surface area contributed by atoms with Gasteiger partial charge >= 0.3 is 5.97 Å². The number of aromatic amines is 1. The molecule has 4 atom stereocenters. The summed E-state index contributed by atoms with van der Waals surface area (Å²) in [7, 11) is 0. The van der Waals surface area contributed by atoms with E-state index in [-0.39, 0.29) is 6.42 Å². The summed E-state index contributed by atoms with van der Waals surface area (Å²) in [5, 5.41) is 23.6. The number of hydrogen-bond donors (Lipinski definition) is 6. The highest BCUT2D eigenvalue weighted by Crippen LogP contribution is 2.05. The summed E-state index contributed by atoms with van der Waals surface area (Å²) >= 11 is 1.48. The van der Waals surface area contributed by atoms with Gasteiger partial charge in [-0.1, -0.05) is 0 Å². The van der Waals surface area contributed by atoms with Crippen LogP contribution in [0.4, 0.5) is 0 Å². The van der Waals surface area contributed by atoms with Gasteiger partial charge in [0.1, 0.15) is 18.1 Å². The molecule has 1 rings (SSSR count). The molecular weight excluding hydrogens is 362 g/mol. The first-order valence-electron chi connectivity index (χ1n) is 7.99. The summed E-state index contributed by atoms with van der Waals surface area (Å²) in [5.41, 5.74) is 6.13. The van der Waals surface area contributed by atoms with Crippen LogP contribution in [-0.4, -0.2) is 74.2 Å². The minimum absolute atomic E-state index is 0.0253. The third-order valence-electron chi connectivity index (χ3n) is 3.66. The van der Waals surface area contributed by atoms with Gasteiger partial charge in [0.25, 0.3) is 0 Å². The Balaban J connectivity index is 2.78. The number of nitrogens with one attached hydrogen (secondary N) is 3. The Labute approximate surface area is 155 Å². The lowest BCUT2D eigenvalue weighted by Crippen LogP contribution is -2.56. The topological polar surface area (TPSA) is 170 Å². The van der Waals surface area contributed by atoms with Crippen molar-refractivity contribution in [3.8, 4) is 0 Å². The number of aromatic nitrogens is 2. The van der Waals surface area contributed by atoms with Crippen LogP contribution in [0.25, 0.3) is 0 Å². The predicted molar refractivity (Wildman–Crippen MR) is 96.4 cm³/mol. The summed E-state index contributed by atoms with van der Waals surface area (Å²) in [6, 6.07) is -3.31. The van der Waals surface area contributed by atoms with Gasteiger partial charge in [0.05, 0.1) is 12.4 Å². The maximum absolute atomic E-state index is 12.5. The van der Waals surface area contributed by atoms with E-state index >= 15 is 0 Å². The van der Waals surface area contributed by atoms with E-state index in [9.17, 15) is 24.6 Å². The molecule has 0 aliphatic carbocycles. The Kier molecular flexibility index (Phi) is 9.10. The van der Waals surface area contributed by atoms with Crippen LogP contribution in [0.2, 0.25) is 0 Å². The number of nitrogens with two attached hydrogens (primary N) is 1. The lowest BCUT2D eigenvalue weighted by molar-refractivity contribution is -0.142. The normalized spacial score (nSPS) is 15.5. The maximum Gasteiger partial charge on any atom is 0.326 e. The van der Waals surface area contributed by atoms with Crippen LogP contribution in [0.5, 0.6) is 0 Å². The second kappa shape index (κ2) is 10.8. The van der Waals surface area contributed by atoms with Gasteiger partial charge in [-0.25, -0.2) is 9.78 Å². The quantitative estimate of drug-likeness (QED) is 0.265. The molecule has 0 spiro atoms. The zero-order valence-corrected chi connectivity index (χ0v) is 15.5. The Morgan fingerprint density at radius 2 is 1.96 bits per heavy atom. The first-order valence-corrected chi connectivity index (χ1v) is 9.39. The number of H-pyrrole nitrogens is 1. The van der Waals surface area contributed by atoms with Crippen molar-refractivity contribution >= 4 is 29.5 Å². The first-order chi connectivity index (χ1) is 12.3. The smallest absolute Gasteiger partial charge is 0.326 e. The molecule has 1 heterocycles. The van der Waals surface area contributed by atoms with E-state index in [1.54, 1.807) is 0 Å². The van der Waals surface area contributed by atoms with Gasteiger partial charge in [0, 0.05) is 18.3 Å². The molecule has 0 aliphatic rings. The van der Waals surface area contributed by atoms with Crippen LogP contribution < -0.4 is 16.4 Å². The number of amides is 2. The van der Waals surface area contributed by atoms with Crippen LogP contribution >= 0.6 is 11.8 Å². The zero-order valence-electron chi connectivity index (χ0n) is 14.6. The van der Waals surface area contributed by atoms with Crippen LogP contribution in [0.3, 0.4) is 0 Å². The second-order valence-electron chi connectivity index (χ2n) is 5.79. The van der Waals surface area contributed by atoms with E-state index in [4.69, 9.17) is 5.73 Å². The number of carbonyl (C=O) groups is 3. The number of aliphatic hydroxyl groups is 1. The van der Waals surface area contributed by atoms with Crippen LogP contribution in [-0.2, 0) is 20.8 Å². The van der Waals surface area contributed by atoms with Gasteiger partial charge < -0.3 is 31.6 Å². The minimum atomic E-state index is -1.21. The van der Waals surface area contributed by atoms with Gasteiger partial charge in [0.15, 0.2) is 0 Å². The minimum Gasteiger partial charge on any atom is -0.480 e. The Hall–Kier alpha value is -2.11. The highest BCUT2D eigenvalue weighted by Gasteiger charge is 2.29. The van der Waals surface area contributed by atoms with Crippen molar-refractivity contribution in [1.29, 1.82) is 0 Å². The van der Waals surface area contributed by atoms with Crippen LogP contribution in [0.15, 0.2) is 12.5 Å². The number of aliphatic hydroxyl groups excluding tert-OH is 1. The number of nitrogens with zero attached hydrogens (tertiary/aromatic N) is 1. The molecule has 146 valence electrons. The molecule has 0 saturated heterocycles. The molecule has 4 unspecified atom stereocenters. The molecule has 1 aromatic heterocycles. The molecule has 1 aromatic rings. The van der Waals surface area contributed by atoms with Gasteiger partial charge in [-0.2, -0.15) is 11.8 Å². The van der Waals surface area contributed by atoms with Crippen LogP contribution in [0, 0.1) is 0 Å². The summed E-state index contributed by atoms with van der Waals surface area (Å²) in [5.74, 6) is -1.94. The molecular formula is C15H25N5O5S. The standard InChI is InChI=1S/C15H25N5O5S/c1-8(21)12(16)14(23)19-10(3-4-26-2)13(22)20-11(15(24)25)5-9-6-17-7-18-9/h6-8,10-12,21H,3-5,16H2,1-2H3,(H,17,18)(H,19,23)(H,20,22)(H,24,25). The van der Waals surface area contributed by atoms with Crippen LogP contribution in [0.1, 0.15) is 19.0 Å². The Bertz CT molecular complexity index is 595. The number of rotatable bonds is 11. The van der Waals surface area contributed by atoms with E-state index in [2.05, 4.69) is 20.6 Å². The molecule has 0 aliphatic heterocycles. The fraction of sp³-hybridized carbons (Fsp3) is 0.600. The van der Waals surface area contributed by atoms with E-state index in [0.29, 0.717) is 17.9 Å². The molecule has 0 bridgehead atoms. The van der Waals surface area contributed by atoms with E-state index in [1.165, 1.54) is 31.2 Å². The molecule has 26 heavy (non-hydrogen) atoms. The molecule has 7 N–H and O–H groups in total. The maximum atomic E-state index is 12.5. The van der Waals surface area contributed by atoms with Crippen molar-refractivity contribution in [2.45, 2.75) is 44.0 Å². The fourth-order valence-electron chi connectivity index (χ4n) is 2.08. The van der Waals surface area contributed by atoms with Crippen molar-refractivity contribution in [2.24, 2.45) is 5.73 Å². The Morgan fingerprint density at radius 3 is 2.46 bits per heavy atom. The van der Waals surface area contributed by atoms with Crippen molar-refractivity contribution in [2.75, 3.05) is 12.0 Å². The second-order valence-corrected chi connectivity index (χ2v) is 6.78. The molecule has 0 aromatic carbocycles. The highest BCUT2D eigenvalue weighted by atomic mass is 32.2. The molecule has 2 amide bonds. The number of aliphatic carboxylic acids is 1. The largest absolute Gasteiger partial charge is 0.480 e. The molecule has 11 heteroatoms. The lowest BCUT2D eigenvalue weighted by Gasteiger charge is -2.23. The molecule has 10 nitrogen and oxygen atoms in total. The van der Waals surface area contributed by atoms with E-state index in [1.807, 2.05) is 6.26 Å². The summed E-state index contributed by atoms with van der Waals surface area (Å²) in [6.07, 6.45) is 3.97. The van der Waals surface area contributed by atoms with E-state index < -0.39 is 42.0 Å². The Morgan fingerprint density at radius 1 is 1.31 bits per heavy atom. The highest BCUT2D eigenvalue weighted by molar-refractivity contribution is 7.98. The monoisotopic (exact) mass is 387 g/mol. The number of carbonyl (C=O) groups excluding carboxylic acids is 2. The average Bonchev–Trinajstić information content (AvgIpc) is 3.09. The van der Waals surface area contributed by atoms with E-state index in [0.717, 1.165) is 0 Å². The number of carboxylic acids is 1. The summed E-state index contributed by atoms with van der Waals surface area (Å²) < 4.78 is 0. The average molecular weight is 387 g/mol. The first kappa shape index (κ1) is 21.9. The third-order valence-corrected chi connectivity index (χ3v) is 4.30.